The third kappa shape index (κ3) is 2.52. The summed E-state index contributed by atoms with van der Waals surface area (Å²) in [6.45, 7) is 0.253. The standard InChI is InChI=1S/C12H23NO2/c1-15-11-7-12(8-11,9-14)13-10-5-3-2-4-6-10/h10-11,13-14H,2-9H2,1H3. The molecular formula is C12H23NO2. The second-order valence-corrected chi connectivity index (χ2v) is 5.18. The molecule has 0 aromatic heterocycles. The number of methoxy groups -OCH3 is 1. The summed E-state index contributed by atoms with van der Waals surface area (Å²) in [7, 11) is 1.76. The zero-order valence-electron chi connectivity index (χ0n) is 9.67. The fourth-order valence-corrected chi connectivity index (χ4v) is 2.95. The molecule has 0 unspecified atom stereocenters. The van der Waals surface area contributed by atoms with Crippen LogP contribution < -0.4 is 5.32 Å². The topological polar surface area (TPSA) is 41.5 Å². The first-order chi connectivity index (χ1) is 7.28. The zero-order valence-corrected chi connectivity index (χ0v) is 9.67. The first-order valence-electron chi connectivity index (χ1n) is 6.19. The molecule has 2 fully saturated rings. The van der Waals surface area contributed by atoms with Gasteiger partial charge in [-0.25, -0.2) is 0 Å². The Kier molecular flexibility index (Phi) is 3.65. The van der Waals surface area contributed by atoms with E-state index in [1.54, 1.807) is 7.11 Å². The van der Waals surface area contributed by atoms with Crippen molar-refractivity contribution < 1.29 is 9.84 Å². The zero-order chi connectivity index (χ0) is 10.7. The van der Waals surface area contributed by atoms with Crippen LogP contribution in [0.25, 0.3) is 0 Å². The minimum Gasteiger partial charge on any atom is -0.394 e. The van der Waals surface area contributed by atoms with Gasteiger partial charge in [-0.1, -0.05) is 19.3 Å². The lowest BCUT2D eigenvalue weighted by molar-refractivity contribution is -0.0587. The molecule has 2 N–H and O–H groups in total. The fraction of sp³-hybridized carbons (Fsp3) is 1.00. The Labute approximate surface area is 92.2 Å². The molecule has 88 valence electrons. The average Bonchev–Trinajstić information content (AvgIpc) is 2.24. The van der Waals surface area contributed by atoms with E-state index in [9.17, 15) is 5.11 Å². The summed E-state index contributed by atoms with van der Waals surface area (Å²) in [5, 5.41) is 13.1. The van der Waals surface area contributed by atoms with E-state index >= 15 is 0 Å². The second kappa shape index (κ2) is 4.81. The molecule has 0 heterocycles. The summed E-state index contributed by atoms with van der Waals surface area (Å²) in [4.78, 5) is 0. The molecule has 3 nitrogen and oxygen atoms in total. The summed E-state index contributed by atoms with van der Waals surface area (Å²) in [5.41, 5.74) is -0.0251. The van der Waals surface area contributed by atoms with Crippen LogP contribution in [0.2, 0.25) is 0 Å². The molecule has 2 aliphatic rings. The fourth-order valence-electron chi connectivity index (χ4n) is 2.95. The summed E-state index contributed by atoms with van der Waals surface area (Å²) in [6, 6.07) is 0.628. The van der Waals surface area contributed by atoms with Crippen LogP contribution in [0.3, 0.4) is 0 Å². The molecule has 0 aromatic rings. The van der Waals surface area contributed by atoms with E-state index in [0.717, 1.165) is 12.8 Å². The van der Waals surface area contributed by atoms with E-state index in [1.807, 2.05) is 0 Å². The average molecular weight is 213 g/mol. The highest BCUT2D eigenvalue weighted by Crippen LogP contribution is 2.35. The van der Waals surface area contributed by atoms with Gasteiger partial charge in [-0.05, 0) is 25.7 Å². The van der Waals surface area contributed by atoms with Crippen molar-refractivity contribution in [2.75, 3.05) is 13.7 Å². The van der Waals surface area contributed by atoms with Crippen LogP contribution in [0.15, 0.2) is 0 Å². The van der Waals surface area contributed by atoms with Crippen LogP contribution in [0.4, 0.5) is 0 Å². The van der Waals surface area contributed by atoms with Crippen molar-refractivity contribution in [2.24, 2.45) is 0 Å². The predicted octanol–water partition coefficient (Wildman–Crippen LogP) is 1.45. The van der Waals surface area contributed by atoms with Crippen LogP contribution in [-0.2, 0) is 4.74 Å². The van der Waals surface area contributed by atoms with Crippen LogP contribution in [0, 0.1) is 0 Å². The Bertz CT molecular complexity index is 196. The summed E-state index contributed by atoms with van der Waals surface area (Å²) < 4.78 is 5.28. The summed E-state index contributed by atoms with van der Waals surface area (Å²) in [5.74, 6) is 0. The van der Waals surface area contributed by atoms with E-state index in [-0.39, 0.29) is 12.1 Å². The van der Waals surface area contributed by atoms with Crippen molar-refractivity contribution in [3.63, 3.8) is 0 Å². The van der Waals surface area contributed by atoms with Crippen molar-refractivity contribution in [1.29, 1.82) is 0 Å². The Hall–Kier alpha value is -0.120. The molecular weight excluding hydrogens is 190 g/mol. The molecule has 0 amide bonds. The molecule has 0 spiro atoms. The lowest BCUT2D eigenvalue weighted by Crippen LogP contribution is -2.63. The molecule has 2 saturated carbocycles. The van der Waals surface area contributed by atoms with Crippen molar-refractivity contribution >= 4 is 0 Å². The van der Waals surface area contributed by atoms with E-state index < -0.39 is 0 Å². The van der Waals surface area contributed by atoms with E-state index in [0.29, 0.717) is 12.1 Å². The molecule has 0 radical (unpaired) electrons. The number of aliphatic hydroxyl groups excluding tert-OH is 1. The number of hydrogen-bond acceptors (Lipinski definition) is 3. The second-order valence-electron chi connectivity index (χ2n) is 5.18. The summed E-state index contributed by atoms with van der Waals surface area (Å²) in [6.07, 6.45) is 8.91. The van der Waals surface area contributed by atoms with Crippen molar-refractivity contribution in [3.8, 4) is 0 Å². The molecule has 2 aliphatic carbocycles. The van der Waals surface area contributed by atoms with Crippen LogP contribution in [0.1, 0.15) is 44.9 Å². The monoisotopic (exact) mass is 213 g/mol. The highest BCUT2D eigenvalue weighted by molar-refractivity contribution is 5.03. The van der Waals surface area contributed by atoms with Gasteiger partial charge in [0.1, 0.15) is 0 Å². The minimum atomic E-state index is -0.0251. The normalized spacial score (nSPS) is 37.6. The van der Waals surface area contributed by atoms with Crippen molar-refractivity contribution in [3.05, 3.63) is 0 Å². The lowest BCUT2D eigenvalue weighted by Gasteiger charge is -2.49. The number of ether oxygens (including phenoxy) is 1. The quantitative estimate of drug-likeness (QED) is 0.742. The van der Waals surface area contributed by atoms with Crippen LogP contribution in [0.5, 0.6) is 0 Å². The Morgan fingerprint density at radius 2 is 1.93 bits per heavy atom. The minimum absolute atomic E-state index is 0.0251. The highest BCUT2D eigenvalue weighted by Gasteiger charge is 2.45. The van der Waals surface area contributed by atoms with Crippen LogP contribution in [-0.4, -0.2) is 36.5 Å². The predicted molar refractivity (Wildman–Crippen MR) is 59.9 cm³/mol. The maximum Gasteiger partial charge on any atom is 0.0615 e. The Balaban J connectivity index is 1.80. The Morgan fingerprint density at radius 3 is 2.47 bits per heavy atom. The van der Waals surface area contributed by atoms with Crippen LogP contribution >= 0.6 is 0 Å². The first-order valence-corrected chi connectivity index (χ1v) is 6.19. The molecule has 0 atom stereocenters. The van der Waals surface area contributed by atoms with E-state index in [1.165, 1.54) is 32.1 Å². The SMILES string of the molecule is COC1CC(CO)(NC2CCCCC2)C1. The van der Waals surface area contributed by atoms with Gasteiger partial charge < -0.3 is 15.2 Å². The largest absolute Gasteiger partial charge is 0.394 e. The lowest BCUT2D eigenvalue weighted by atomic mass is 9.73. The van der Waals surface area contributed by atoms with E-state index in [4.69, 9.17) is 4.74 Å². The van der Waals surface area contributed by atoms with Gasteiger partial charge in [-0.15, -0.1) is 0 Å². The molecule has 0 aliphatic heterocycles. The van der Waals surface area contributed by atoms with Gasteiger partial charge in [0.2, 0.25) is 0 Å². The maximum absolute atomic E-state index is 9.46. The van der Waals surface area contributed by atoms with Gasteiger partial charge >= 0.3 is 0 Å². The Morgan fingerprint density at radius 1 is 1.27 bits per heavy atom. The smallest absolute Gasteiger partial charge is 0.0615 e. The van der Waals surface area contributed by atoms with Gasteiger partial charge in [-0.2, -0.15) is 0 Å². The van der Waals surface area contributed by atoms with Gasteiger partial charge in [0.15, 0.2) is 0 Å². The summed E-state index contributed by atoms with van der Waals surface area (Å²) >= 11 is 0. The van der Waals surface area contributed by atoms with Gasteiger partial charge in [-0.3, -0.25) is 0 Å². The highest BCUT2D eigenvalue weighted by atomic mass is 16.5. The van der Waals surface area contributed by atoms with Crippen molar-refractivity contribution in [2.45, 2.75) is 62.6 Å². The molecule has 3 heteroatoms. The molecule has 0 saturated heterocycles. The number of rotatable bonds is 4. The van der Waals surface area contributed by atoms with Gasteiger partial charge in [0, 0.05) is 18.7 Å². The molecule has 15 heavy (non-hydrogen) atoms. The number of nitrogens with one attached hydrogen (secondary N) is 1. The number of aliphatic hydroxyl groups is 1. The van der Waals surface area contributed by atoms with Gasteiger partial charge in [0.05, 0.1) is 12.7 Å². The van der Waals surface area contributed by atoms with E-state index in [2.05, 4.69) is 5.32 Å². The third-order valence-electron chi connectivity index (χ3n) is 3.99. The van der Waals surface area contributed by atoms with Gasteiger partial charge in [0.25, 0.3) is 0 Å². The first kappa shape index (κ1) is 11.4. The van der Waals surface area contributed by atoms with Crippen molar-refractivity contribution in [1.82, 2.24) is 5.32 Å². The molecule has 0 bridgehead atoms. The number of hydrogen-bond donors (Lipinski definition) is 2. The molecule has 2 rings (SSSR count). The third-order valence-corrected chi connectivity index (χ3v) is 3.99. The maximum atomic E-state index is 9.46. The molecule has 0 aromatic carbocycles.